The lowest BCUT2D eigenvalue weighted by Crippen LogP contribution is -2.55. The number of carbonyl (C=O) groups excluding carboxylic acids is 3. The summed E-state index contributed by atoms with van der Waals surface area (Å²) >= 11 is 0. The van der Waals surface area contributed by atoms with E-state index >= 15 is 0 Å². The summed E-state index contributed by atoms with van der Waals surface area (Å²) < 4.78 is 10.3. The summed E-state index contributed by atoms with van der Waals surface area (Å²) in [7, 11) is 2.98. The van der Waals surface area contributed by atoms with Crippen molar-refractivity contribution in [3.8, 4) is 11.5 Å². The summed E-state index contributed by atoms with van der Waals surface area (Å²) in [5.74, 6) is -0.157. The van der Waals surface area contributed by atoms with Crippen LogP contribution >= 0.6 is 0 Å². The van der Waals surface area contributed by atoms with Crippen molar-refractivity contribution in [3.05, 3.63) is 48.5 Å². The van der Waals surface area contributed by atoms with Crippen LogP contribution in [0.5, 0.6) is 11.5 Å². The third-order valence-electron chi connectivity index (χ3n) is 3.81. The van der Waals surface area contributed by atoms with Crippen LogP contribution in [0.2, 0.25) is 0 Å². The van der Waals surface area contributed by atoms with Crippen LogP contribution in [-0.4, -0.2) is 32.1 Å². The van der Waals surface area contributed by atoms with Crippen molar-refractivity contribution in [1.29, 1.82) is 0 Å². The SMILES string of the molecule is COc1cccc(N2C(=O)CC(=O)N(c3cccc(OC)c3)C2=O)c1. The Hall–Kier alpha value is -3.35. The maximum Gasteiger partial charge on any atom is 0.342 e. The maximum absolute atomic E-state index is 12.9. The predicted molar refractivity (Wildman–Crippen MR) is 91.0 cm³/mol. The lowest BCUT2D eigenvalue weighted by molar-refractivity contribution is -0.126. The van der Waals surface area contributed by atoms with Crippen molar-refractivity contribution in [1.82, 2.24) is 0 Å². The summed E-state index contributed by atoms with van der Waals surface area (Å²) in [5.41, 5.74) is 0.685. The van der Waals surface area contributed by atoms with Gasteiger partial charge in [-0.2, -0.15) is 0 Å². The van der Waals surface area contributed by atoms with Gasteiger partial charge in [0.25, 0.3) is 0 Å². The highest BCUT2D eigenvalue weighted by molar-refractivity contribution is 6.35. The molecule has 7 nitrogen and oxygen atoms in total. The first-order chi connectivity index (χ1) is 12.0. The molecule has 2 aromatic rings. The minimum atomic E-state index is -0.734. The number of benzene rings is 2. The van der Waals surface area contributed by atoms with Gasteiger partial charge in [-0.15, -0.1) is 0 Å². The van der Waals surface area contributed by atoms with Crippen molar-refractivity contribution in [2.75, 3.05) is 24.0 Å². The molecule has 0 aliphatic carbocycles. The molecule has 0 atom stereocenters. The average Bonchev–Trinajstić information content (AvgIpc) is 2.61. The maximum atomic E-state index is 12.9. The molecule has 0 unspecified atom stereocenters. The zero-order valence-electron chi connectivity index (χ0n) is 13.8. The quantitative estimate of drug-likeness (QED) is 0.800. The Morgan fingerprint density at radius 3 is 1.60 bits per heavy atom. The van der Waals surface area contributed by atoms with Crippen molar-refractivity contribution in [2.24, 2.45) is 0 Å². The fourth-order valence-electron chi connectivity index (χ4n) is 2.61. The smallest absolute Gasteiger partial charge is 0.342 e. The molecular formula is C18H16N2O5. The zero-order chi connectivity index (χ0) is 18.0. The van der Waals surface area contributed by atoms with Crippen LogP contribution in [0.4, 0.5) is 16.2 Å². The molecule has 3 rings (SSSR count). The molecule has 128 valence electrons. The monoisotopic (exact) mass is 340 g/mol. The summed E-state index contributed by atoms with van der Waals surface area (Å²) in [6.45, 7) is 0. The summed E-state index contributed by atoms with van der Waals surface area (Å²) in [4.78, 5) is 39.4. The third kappa shape index (κ3) is 3.03. The van der Waals surface area contributed by atoms with E-state index in [0.29, 0.717) is 22.9 Å². The topological polar surface area (TPSA) is 76.2 Å². The minimum absolute atomic E-state index is 0.342. The van der Waals surface area contributed by atoms with Crippen LogP contribution in [0, 0.1) is 0 Å². The number of hydrogen-bond acceptors (Lipinski definition) is 5. The van der Waals surface area contributed by atoms with Gasteiger partial charge in [0.05, 0.1) is 25.6 Å². The van der Waals surface area contributed by atoms with E-state index in [4.69, 9.17) is 9.47 Å². The minimum Gasteiger partial charge on any atom is -0.497 e. The summed E-state index contributed by atoms with van der Waals surface area (Å²) in [6, 6.07) is 12.4. The molecule has 1 heterocycles. The van der Waals surface area contributed by atoms with Crippen LogP contribution in [0.1, 0.15) is 6.42 Å². The molecule has 1 fully saturated rings. The lowest BCUT2D eigenvalue weighted by Gasteiger charge is -2.32. The van der Waals surface area contributed by atoms with Crippen LogP contribution in [0.25, 0.3) is 0 Å². The van der Waals surface area contributed by atoms with Gasteiger partial charge in [0.2, 0.25) is 11.8 Å². The largest absolute Gasteiger partial charge is 0.497 e. The van der Waals surface area contributed by atoms with Gasteiger partial charge in [0.1, 0.15) is 17.9 Å². The van der Waals surface area contributed by atoms with Gasteiger partial charge >= 0.3 is 6.03 Å². The first-order valence-electron chi connectivity index (χ1n) is 7.53. The number of barbiturate groups is 1. The molecule has 0 spiro atoms. The van der Waals surface area contributed by atoms with E-state index in [1.165, 1.54) is 14.2 Å². The summed E-state index contributed by atoms with van der Waals surface area (Å²) in [5, 5.41) is 0. The second kappa shape index (κ2) is 6.64. The number of methoxy groups -OCH3 is 2. The van der Waals surface area contributed by atoms with E-state index in [1.807, 2.05) is 0 Å². The van der Waals surface area contributed by atoms with Crippen LogP contribution in [0.15, 0.2) is 48.5 Å². The Kier molecular flexibility index (Phi) is 4.38. The van der Waals surface area contributed by atoms with Crippen molar-refractivity contribution < 1.29 is 23.9 Å². The Bertz CT molecular complexity index is 781. The second-order valence-corrected chi connectivity index (χ2v) is 5.32. The number of ether oxygens (including phenoxy) is 2. The third-order valence-corrected chi connectivity index (χ3v) is 3.81. The molecule has 4 amide bonds. The van der Waals surface area contributed by atoms with Crippen LogP contribution < -0.4 is 19.3 Å². The molecule has 0 radical (unpaired) electrons. The number of rotatable bonds is 4. The molecule has 0 bridgehead atoms. The van der Waals surface area contributed by atoms with Gasteiger partial charge in [0.15, 0.2) is 0 Å². The van der Waals surface area contributed by atoms with Crippen molar-refractivity contribution in [2.45, 2.75) is 6.42 Å². The molecule has 0 aromatic heterocycles. The van der Waals surface area contributed by atoms with Crippen LogP contribution in [-0.2, 0) is 9.59 Å². The molecule has 1 aliphatic heterocycles. The molecular weight excluding hydrogens is 324 g/mol. The Balaban J connectivity index is 2.01. The van der Waals surface area contributed by atoms with E-state index < -0.39 is 24.3 Å². The molecule has 0 saturated carbocycles. The zero-order valence-corrected chi connectivity index (χ0v) is 13.8. The first-order valence-corrected chi connectivity index (χ1v) is 7.53. The Morgan fingerprint density at radius 1 is 0.760 bits per heavy atom. The summed E-state index contributed by atoms with van der Waals surface area (Å²) in [6.07, 6.45) is -0.403. The fourth-order valence-corrected chi connectivity index (χ4v) is 2.61. The number of urea groups is 1. The highest BCUT2D eigenvalue weighted by Gasteiger charge is 2.40. The van der Waals surface area contributed by atoms with E-state index in [0.717, 1.165) is 9.80 Å². The highest BCUT2D eigenvalue weighted by Crippen LogP contribution is 2.29. The Labute approximate surface area is 144 Å². The standard InChI is InChI=1S/C18H16N2O5/c1-24-14-7-3-5-12(9-14)19-16(21)11-17(22)20(18(19)23)13-6-4-8-15(10-13)25-2/h3-10H,11H2,1-2H3. The van der Waals surface area contributed by atoms with Gasteiger partial charge in [0, 0.05) is 12.1 Å². The molecule has 0 N–H and O–H groups in total. The number of nitrogens with zero attached hydrogens (tertiary/aromatic N) is 2. The number of anilines is 2. The van der Waals surface area contributed by atoms with Gasteiger partial charge < -0.3 is 9.47 Å². The van der Waals surface area contributed by atoms with E-state index in [-0.39, 0.29) is 0 Å². The second-order valence-electron chi connectivity index (χ2n) is 5.32. The molecule has 25 heavy (non-hydrogen) atoms. The number of hydrogen-bond donors (Lipinski definition) is 0. The van der Waals surface area contributed by atoms with Crippen molar-refractivity contribution in [3.63, 3.8) is 0 Å². The number of amides is 4. The normalized spacial score (nSPS) is 14.7. The molecule has 2 aromatic carbocycles. The average molecular weight is 340 g/mol. The fraction of sp³-hybridized carbons (Fsp3) is 0.167. The van der Waals surface area contributed by atoms with Gasteiger partial charge in [-0.3, -0.25) is 9.59 Å². The number of carbonyl (C=O) groups is 3. The molecule has 1 saturated heterocycles. The molecule has 1 aliphatic rings. The van der Waals surface area contributed by atoms with Gasteiger partial charge in [-0.1, -0.05) is 12.1 Å². The highest BCUT2D eigenvalue weighted by atomic mass is 16.5. The van der Waals surface area contributed by atoms with Gasteiger partial charge in [-0.05, 0) is 24.3 Å². The van der Waals surface area contributed by atoms with E-state index in [1.54, 1.807) is 48.5 Å². The van der Waals surface area contributed by atoms with Crippen molar-refractivity contribution >= 4 is 29.2 Å². The van der Waals surface area contributed by atoms with E-state index in [9.17, 15) is 14.4 Å². The van der Waals surface area contributed by atoms with Gasteiger partial charge in [-0.25, -0.2) is 14.6 Å². The van der Waals surface area contributed by atoms with E-state index in [2.05, 4.69) is 0 Å². The first kappa shape index (κ1) is 16.5. The predicted octanol–water partition coefficient (Wildman–Crippen LogP) is 2.59. The molecule has 7 heteroatoms. The number of imide groups is 2. The lowest BCUT2D eigenvalue weighted by atomic mass is 10.2. The van der Waals surface area contributed by atoms with Crippen LogP contribution in [0.3, 0.4) is 0 Å². The Morgan fingerprint density at radius 2 is 1.20 bits per heavy atom.